The van der Waals surface area contributed by atoms with Gasteiger partial charge in [-0.25, -0.2) is 0 Å². The maximum absolute atomic E-state index is 13.8. The first kappa shape index (κ1) is 27.5. The van der Waals surface area contributed by atoms with Gasteiger partial charge in [-0.1, -0.05) is 27.7 Å². The van der Waals surface area contributed by atoms with Crippen LogP contribution in [0.1, 0.15) is 51.4 Å². The minimum absolute atomic E-state index is 0.0186. The Balaban J connectivity index is 1.44. The van der Waals surface area contributed by atoms with E-state index >= 15 is 0 Å². The Morgan fingerprint density at radius 1 is 1.11 bits per heavy atom. The summed E-state index contributed by atoms with van der Waals surface area (Å²) >= 11 is 0. The molecule has 1 aromatic rings. The summed E-state index contributed by atoms with van der Waals surface area (Å²) in [6, 6.07) is 6.12. The number of hydrogen-bond acceptors (Lipinski definition) is 7. The summed E-state index contributed by atoms with van der Waals surface area (Å²) in [5.74, 6) is -0.706. The van der Waals surface area contributed by atoms with Crippen molar-refractivity contribution in [2.75, 3.05) is 57.4 Å². The van der Waals surface area contributed by atoms with Crippen molar-refractivity contribution in [2.24, 2.45) is 5.41 Å². The number of carbonyl (C=O) groups is 3. The van der Waals surface area contributed by atoms with Crippen LogP contribution in [0.5, 0.6) is 0 Å². The van der Waals surface area contributed by atoms with Crippen molar-refractivity contribution in [2.45, 2.75) is 65.3 Å². The number of nitrogens with one attached hydrogen (secondary N) is 1. The molecule has 0 spiro atoms. The number of amides is 2. The molecule has 0 unspecified atom stereocenters. The van der Waals surface area contributed by atoms with Crippen LogP contribution < -0.4 is 10.2 Å². The molecule has 1 N–H and O–H groups in total. The van der Waals surface area contributed by atoms with Gasteiger partial charge in [0.1, 0.15) is 30.9 Å². The monoisotopic (exact) mass is 514 g/mol. The van der Waals surface area contributed by atoms with Crippen molar-refractivity contribution in [1.82, 2.24) is 15.1 Å². The molecule has 1 aromatic carbocycles. The highest BCUT2D eigenvalue weighted by Gasteiger charge is 2.54. The Morgan fingerprint density at radius 3 is 2.38 bits per heavy atom. The zero-order chi connectivity index (χ0) is 26.7. The normalized spacial score (nSPS) is 25.3. The summed E-state index contributed by atoms with van der Waals surface area (Å²) in [6.07, 6.45) is 0.361. The van der Waals surface area contributed by atoms with Gasteiger partial charge in [-0.2, -0.15) is 0 Å². The summed E-state index contributed by atoms with van der Waals surface area (Å²) in [6.45, 7) is 15.7. The van der Waals surface area contributed by atoms with Crippen molar-refractivity contribution in [1.29, 1.82) is 0 Å². The lowest BCUT2D eigenvalue weighted by Gasteiger charge is -2.36. The molecule has 3 fully saturated rings. The van der Waals surface area contributed by atoms with E-state index in [9.17, 15) is 14.4 Å². The highest BCUT2D eigenvalue weighted by Crippen LogP contribution is 2.32. The smallest absolute Gasteiger partial charge is 0.251 e. The molecular weight excluding hydrogens is 472 g/mol. The highest BCUT2D eigenvalue weighted by atomic mass is 16.6. The molecule has 0 aromatic heterocycles. The molecule has 3 aliphatic heterocycles. The molecule has 3 aliphatic rings. The second-order valence-electron chi connectivity index (χ2n) is 11.3. The van der Waals surface area contributed by atoms with E-state index in [2.05, 4.69) is 22.0 Å². The van der Waals surface area contributed by atoms with Gasteiger partial charge in [0.05, 0.1) is 6.54 Å². The van der Waals surface area contributed by atoms with E-state index in [1.54, 1.807) is 4.90 Å². The summed E-state index contributed by atoms with van der Waals surface area (Å²) < 4.78 is 11.4. The average Bonchev–Trinajstić information content (AvgIpc) is 3.43. The number of benzene rings is 1. The molecule has 3 heterocycles. The molecule has 204 valence electrons. The Hall–Kier alpha value is -2.49. The maximum Gasteiger partial charge on any atom is 0.251 e. The van der Waals surface area contributed by atoms with Crippen molar-refractivity contribution < 1.29 is 23.9 Å². The third-order valence-electron chi connectivity index (χ3n) is 7.60. The van der Waals surface area contributed by atoms with Gasteiger partial charge < -0.3 is 24.6 Å². The molecule has 4 rings (SSSR count). The fraction of sp³-hybridized carbons (Fsp3) is 0.679. The second-order valence-corrected chi connectivity index (χ2v) is 11.3. The molecule has 0 bridgehead atoms. The number of ketones is 1. The number of fused-ring (bicyclic) bond motifs is 1. The van der Waals surface area contributed by atoms with Crippen LogP contribution in [-0.4, -0.2) is 104 Å². The van der Waals surface area contributed by atoms with Gasteiger partial charge in [-0.3, -0.25) is 19.3 Å². The maximum atomic E-state index is 13.8. The van der Waals surface area contributed by atoms with E-state index in [1.807, 2.05) is 52.0 Å². The number of carbonyl (C=O) groups excluding carboxylic acids is 3. The number of Topliss-reactive ketones (excluding diaryl/α,β-unsaturated/α-hetero) is 1. The Labute approximate surface area is 220 Å². The predicted octanol–water partition coefficient (Wildman–Crippen LogP) is 1.95. The third-order valence-corrected chi connectivity index (χ3v) is 7.60. The average molecular weight is 515 g/mol. The van der Waals surface area contributed by atoms with Crippen LogP contribution in [0, 0.1) is 5.41 Å². The topological polar surface area (TPSA) is 91.4 Å². The van der Waals surface area contributed by atoms with E-state index < -0.39 is 23.6 Å². The van der Waals surface area contributed by atoms with Crippen LogP contribution in [0.3, 0.4) is 0 Å². The highest BCUT2D eigenvalue weighted by molar-refractivity contribution is 5.99. The van der Waals surface area contributed by atoms with Crippen molar-refractivity contribution in [3.8, 4) is 0 Å². The number of anilines is 1. The first-order valence-electron chi connectivity index (χ1n) is 13.6. The van der Waals surface area contributed by atoms with Gasteiger partial charge in [0.2, 0.25) is 5.91 Å². The van der Waals surface area contributed by atoms with Gasteiger partial charge in [-0.15, -0.1) is 0 Å². The zero-order valence-electron chi connectivity index (χ0n) is 22.9. The van der Waals surface area contributed by atoms with Crippen LogP contribution in [0.15, 0.2) is 24.3 Å². The van der Waals surface area contributed by atoms with Gasteiger partial charge in [0.25, 0.3) is 5.91 Å². The molecule has 2 amide bonds. The second kappa shape index (κ2) is 11.5. The van der Waals surface area contributed by atoms with Crippen LogP contribution >= 0.6 is 0 Å². The van der Waals surface area contributed by atoms with Gasteiger partial charge in [0, 0.05) is 44.0 Å². The lowest BCUT2D eigenvalue weighted by atomic mass is 9.85. The van der Waals surface area contributed by atoms with E-state index in [0.717, 1.165) is 44.8 Å². The van der Waals surface area contributed by atoms with Crippen LogP contribution in [0.25, 0.3) is 0 Å². The number of hydrogen-bond donors (Lipinski definition) is 1. The van der Waals surface area contributed by atoms with E-state index in [4.69, 9.17) is 9.47 Å². The largest absolute Gasteiger partial charge is 0.374 e. The fourth-order valence-corrected chi connectivity index (χ4v) is 5.60. The van der Waals surface area contributed by atoms with E-state index in [1.165, 1.54) is 0 Å². The van der Waals surface area contributed by atoms with Gasteiger partial charge in [0.15, 0.2) is 5.78 Å². The number of ether oxygens (including phenoxy) is 2. The standard InChI is InChI=1S/C28H42N4O5/c1-6-12-30-13-15-31(16-14-30)20-10-8-19(9-11-20)26(34)29-25(28(3,4)5)27(35)32-17-22(36-7-2)24-23(32)21(33)18-37-24/h8-11,22-25H,6-7,12-18H2,1-5H3,(H,29,34)/t22-,23+,24+,25+/m0/s1. The number of likely N-dealkylation sites (tertiary alicyclic amines) is 1. The lowest BCUT2D eigenvalue weighted by Crippen LogP contribution is -2.57. The Bertz CT molecular complexity index is 968. The predicted molar refractivity (Wildman–Crippen MR) is 142 cm³/mol. The van der Waals surface area contributed by atoms with Crippen LogP contribution in [0.2, 0.25) is 0 Å². The van der Waals surface area contributed by atoms with Crippen molar-refractivity contribution in [3.63, 3.8) is 0 Å². The molecule has 4 atom stereocenters. The van der Waals surface area contributed by atoms with Crippen LogP contribution in [-0.2, 0) is 19.1 Å². The van der Waals surface area contributed by atoms with Gasteiger partial charge >= 0.3 is 0 Å². The summed E-state index contributed by atoms with van der Waals surface area (Å²) in [5.41, 5.74) is 1.04. The third kappa shape index (κ3) is 5.99. The summed E-state index contributed by atoms with van der Waals surface area (Å²) in [4.78, 5) is 46.0. The Kier molecular flexibility index (Phi) is 8.56. The number of rotatable bonds is 8. The SMILES string of the molecule is CCCN1CCN(c2ccc(C(=O)N[C@H](C(=O)N3C[C@H](OCC)[C@H]4OCC(=O)[C@H]43)C(C)(C)C)cc2)CC1. The molecular formula is C28H42N4O5. The number of piperazine rings is 1. The van der Waals surface area contributed by atoms with Gasteiger partial charge in [-0.05, 0) is 49.6 Å². The van der Waals surface area contributed by atoms with Crippen molar-refractivity contribution in [3.05, 3.63) is 29.8 Å². The molecule has 0 saturated carbocycles. The first-order valence-corrected chi connectivity index (χ1v) is 13.6. The number of nitrogens with zero attached hydrogens (tertiary/aromatic N) is 3. The minimum atomic E-state index is -0.805. The van der Waals surface area contributed by atoms with E-state index in [-0.39, 0.29) is 36.9 Å². The summed E-state index contributed by atoms with van der Waals surface area (Å²) in [5, 5.41) is 2.97. The molecule has 37 heavy (non-hydrogen) atoms. The molecule has 9 heteroatoms. The van der Waals surface area contributed by atoms with E-state index in [0.29, 0.717) is 12.2 Å². The molecule has 3 saturated heterocycles. The van der Waals surface area contributed by atoms with Crippen molar-refractivity contribution >= 4 is 23.3 Å². The fourth-order valence-electron chi connectivity index (χ4n) is 5.60. The quantitative estimate of drug-likeness (QED) is 0.567. The molecule has 0 radical (unpaired) electrons. The molecule has 9 nitrogen and oxygen atoms in total. The molecule has 0 aliphatic carbocycles. The van der Waals surface area contributed by atoms with Crippen LogP contribution in [0.4, 0.5) is 5.69 Å². The Morgan fingerprint density at radius 2 is 1.78 bits per heavy atom. The minimum Gasteiger partial charge on any atom is -0.374 e. The first-order chi connectivity index (χ1) is 17.6. The summed E-state index contributed by atoms with van der Waals surface area (Å²) in [7, 11) is 0. The zero-order valence-corrected chi connectivity index (χ0v) is 22.9. The lowest BCUT2D eigenvalue weighted by molar-refractivity contribution is -0.140.